The molecule has 0 aromatic heterocycles. The Morgan fingerprint density at radius 3 is 2.94 bits per heavy atom. The first-order valence-electron chi connectivity index (χ1n) is 5.63. The Bertz CT molecular complexity index is 395. The normalized spacial score (nSPS) is 17.8. The number of fused-ring (bicyclic) bond motifs is 1. The van der Waals surface area contributed by atoms with Gasteiger partial charge in [0.05, 0.1) is 0 Å². The van der Waals surface area contributed by atoms with Gasteiger partial charge >= 0.3 is 0 Å². The maximum Gasteiger partial charge on any atom is 0.218 e. The minimum absolute atomic E-state index is 0.0298. The Morgan fingerprint density at radius 2 is 2.18 bits per heavy atom. The summed E-state index contributed by atoms with van der Waals surface area (Å²) in [5.41, 5.74) is 5.04. The van der Waals surface area contributed by atoms with Crippen LogP contribution in [0.5, 0.6) is 11.5 Å². The molecule has 3 N–H and O–H groups in total. The first-order valence-corrected chi connectivity index (χ1v) is 5.63. The molecule has 92 valence electrons. The van der Waals surface area contributed by atoms with Crippen molar-refractivity contribution in [3.05, 3.63) is 24.3 Å². The van der Waals surface area contributed by atoms with Crippen LogP contribution in [-0.4, -0.2) is 31.7 Å². The standard InChI is InChI=1S/C12H16N2O3/c13-12(15)5-6-14-7-9-8-16-10-3-1-2-4-11(10)17-9/h1-4,9,14H,5-8H2,(H2,13,15)/t9-/m1/s1. The molecule has 1 aromatic carbocycles. The van der Waals surface area contributed by atoms with Gasteiger partial charge in [-0.15, -0.1) is 0 Å². The van der Waals surface area contributed by atoms with E-state index in [0.29, 0.717) is 26.1 Å². The van der Waals surface area contributed by atoms with E-state index >= 15 is 0 Å². The first kappa shape index (κ1) is 11.7. The number of nitrogens with one attached hydrogen (secondary N) is 1. The van der Waals surface area contributed by atoms with Crippen LogP contribution in [0, 0.1) is 0 Å². The summed E-state index contributed by atoms with van der Waals surface area (Å²) < 4.78 is 11.3. The third-order valence-corrected chi connectivity index (χ3v) is 2.49. The molecule has 0 saturated carbocycles. The van der Waals surface area contributed by atoms with Crippen molar-refractivity contribution < 1.29 is 14.3 Å². The summed E-state index contributed by atoms with van der Waals surface area (Å²) in [6.07, 6.45) is 0.308. The van der Waals surface area contributed by atoms with Crippen LogP contribution in [0.25, 0.3) is 0 Å². The van der Waals surface area contributed by atoms with Crippen molar-refractivity contribution in [1.29, 1.82) is 0 Å². The molecular formula is C12H16N2O3. The lowest BCUT2D eigenvalue weighted by molar-refractivity contribution is -0.117. The molecule has 1 aromatic rings. The fourth-order valence-corrected chi connectivity index (χ4v) is 1.64. The molecular weight excluding hydrogens is 220 g/mol. The highest BCUT2D eigenvalue weighted by atomic mass is 16.6. The zero-order valence-electron chi connectivity index (χ0n) is 9.52. The van der Waals surface area contributed by atoms with Gasteiger partial charge < -0.3 is 20.5 Å². The molecule has 0 fully saturated rings. The lowest BCUT2D eigenvalue weighted by Crippen LogP contribution is -2.39. The van der Waals surface area contributed by atoms with Gasteiger partial charge in [0.2, 0.25) is 5.91 Å². The molecule has 1 heterocycles. The van der Waals surface area contributed by atoms with Crippen molar-refractivity contribution in [2.75, 3.05) is 19.7 Å². The highest BCUT2D eigenvalue weighted by Gasteiger charge is 2.19. The van der Waals surface area contributed by atoms with Crippen LogP contribution in [0.2, 0.25) is 0 Å². The van der Waals surface area contributed by atoms with E-state index in [-0.39, 0.29) is 12.0 Å². The number of primary amides is 1. The van der Waals surface area contributed by atoms with Gasteiger partial charge in [-0.05, 0) is 12.1 Å². The topological polar surface area (TPSA) is 73.6 Å². The minimum Gasteiger partial charge on any atom is -0.486 e. The minimum atomic E-state index is -0.302. The Morgan fingerprint density at radius 1 is 1.41 bits per heavy atom. The molecule has 17 heavy (non-hydrogen) atoms. The van der Waals surface area contributed by atoms with Crippen LogP contribution in [-0.2, 0) is 4.79 Å². The number of hydrogen-bond acceptors (Lipinski definition) is 4. The zero-order chi connectivity index (χ0) is 12.1. The number of carbonyl (C=O) groups is 1. The van der Waals surface area contributed by atoms with Crippen molar-refractivity contribution in [3.8, 4) is 11.5 Å². The fourth-order valence-electron chi connectivity index (χ4n) is 1.64. The summed E-state index contributed by atoms with van der Waals surface area (Å²) in [6, 6.07) is 7.58. The van der Waals surface area contributed by atoms with Crippen LogP contribution < -0.4 is 20.5 Å². The smallest absolute Gasteiger partial charge is 0.218 e. The Balaban J connectivity index is 1.76. The Hall–Kier alpha value is -1.75. The maximum atomic E-state index is 10.5. The van der Waals surface area contributed by atoms with Gasteiger partial charge in [0.25, 0.3) is 0 Å². The summed E-state index contributed by atoms with van der Waals surface area (Å²) in [5, 5.41) is 3.11. The molecule has 0 saturated heterocycles. The van der Waals surface area contributed by atoms with Crippen LogP contribution in [0.15, 0.2) is 24.3 Å². The maximum absolute atomic E-state index is 10.5. The summed E-state index contributed by atoms with van der Waals surface area (Å²) in [6.45, 7) is 1.72. The molecule has 0 bridgehead atoms. The monoisotopic (exact) mass is 236 g/mol. The lowest BCUT2D eigenvalue weighted by Gasteiger charge is -2.26. The first-order chi connectivity index (χ1) is 8.25. The quantitative estimate of drug-likeness (QED) is 0.721. The molecule has 1 amide bonds. The van der Waals surface area contributed by atoms with E-state index in [2.05, 4.69) is 5.32 Å². The van der Waals surface area contributed by atoms with Gasteiger partial charge in [-0.1, -0.05) is 12.1 Å². The second-order valence-electron chi connectivity index (χ2n) is 3.92. The summed E-state index contributed by atoms with van der Waals surface area (Å²) in [7, 11) is 0. The van der Waals surface area contributed by atoms with Crippen molar-refractivity contribution in [1.82, 2.24) is 5.32 Å². The van der Waals surface area contributed by atoms with E-state index in [1.807, 2.05) is 24.3 Å². The molecule has 0 unspecified atom stereocenters. The van der Waals surface area contributed by atoms with E-state index in [4.69, 9.17) is 15.2 Å². The molecule has 1 atom stereocenters. The number of amides is 1. The fraction of sp³-hybridized carbons (Fsp3) is 0.417. The molecule has 0 aliphatic carbocycles. The van der Waals surface area contributed by atoms with Gasteiger partial charge in [-0.3, -0.25) is 4.79 Å². The lowest BCUT2D eigenvalue weighted by atomic mass is 10.2. The summed E-state index contributed by atoms with van der Waals surface area (Å²) >= 11 is 0. The average Bonchev–Trinajstić information content (AvgIpc) is 2.34. The molecule has 1 aliphatic rings. The number of ether oxygens (including phenoxy) is 2. The van der Waals surface area contributed by atoms with E-state index < -0.39 is 0 Å². The predicted octanol–water partition coefficient (Wildman–Crippen LogP) is 0.291. The summed E-state index contributed by atoms with van der Waals surface area (Å²) in [4.78, 5) is 10.5. The SMILES string of the molecule is NC(=O)CCNC[C@@H]1COc2ccccc2O1. The Labute approximate surface area is 99.9 Å². The van der Waals surface area contributed by atoms with Gasteiger partial charge in [-0.25, -0.2) is 0 Å². The van der Waals surface area contributed by atoms with E-state index in [1.165, 1.54) is 0 Å². The number of benzene rings is 1. The number of para-hydroxylation sites is 2. The molecule has 1 aliphatic heterocycles. The van der Waals surface area contributed by atoms with Crippen molar-refractivity contribution >= 4 is 5.91 Å². The molecule has 5 nitrogen and oxygen atoms in total. The molecule has 2 rings (SSSR count). The predicted molar refractivity (Wildman–Crippen MR) is 63.0 cm³/mol. The van der Waals surface area contributed by atoms with Gasteiger partial charge in [0, 0.05) is 19.5 Å². The number of carbonyl (C=O) groups excluding carboxylic acids is 1. The molecule has 5 heteroatoms. The van der Waals surface area contributed by atoms with Crippen molar-refractivity contribution in [2.45, 2.75) is 12.5 Å². The van der Waals surface area contributed by atoms with Gasteiger partial charge in [0.1, 0.15) is 12.7 Å². The second-order valence-corrected chi connectivity index (χ2v) is 3.92. The number of nitrogens with two attached hydrogens (primary N) is 1. The summed E-state index contributed by atoms with van der Waals surface area (Å²) in [5.74, 6) is 1.24. The Kier molecular flexibility index (Phi) is 3.82. The average molecular weight is 236 g/mol. The van der Waals surface area contributed by atoms with Gasteiger partial charge in [0.15, 0.2) is 11.5 Å². The molecule has 0 radical (unpaired) electrons. The van der Waals surface area contributed by atoms with Crippen LogP contribution >= 0.6 is 0 Å². The highest BCUT2D eigenvalue weighted by Crippen LogP contribution is 2.30. The van der Waals surface area contributed by atoms with Crippen LogP contribution in [0.3, 0.4) is 0 Å². The van der Waals surface area contributed by atoms with E-state index in [1.54, 1.807) is 0 Å². The largest absolute Gasteiger partial charge is 0.486 e. The highest BCUT2D eigenvalue weighted by molar-refractivity contribution is 5.73. The van der Waals surface area contributed by atoms with Crippen LogP contribution in [0.4, 0.5) is 0 Å². The second kappa shape index (κ2) is 5.54. The van der Waals surface area contributed by atoms with Crippen molar-refractivity contribution in [3.63, 3.8) is 0 Å². The van der Waals surface area contributed by atoms with Crippen molar-refractivity contribution in [2.24, 2.45) is 5.73 Å². The van der Waals surface area contributed by atoms with Crippen LogP contribution in [0.1, 0.15) is 6.42 Å². The number of hydrogen-bond donors (Lipinski definition) is 2. The molecule has 0 spiro atoms. The van der Waals surface area contributed by atoms with Gasteiger partial charge in [-0.2, -0.15) is 0 Å². The number of rotatable bonds is 5. The van der Waals surface area contributed by atoms with E-state index in [9.17, 15) is 4.79 Å². The zero-order valence-corrected chi connectivity index (χ0v) is 9.52. The van der Waals surface area contributed by atoms with E-state index in [0.717, 1.165) is 11.5 Å². The third-order valence-electron chi connectivity index (χ3n) is 2.49. The third kappa shape index (κ3) is 3.35.